The van der Waals surface area contributed by atoms with Gasteiger partial charge in [-0.05, 0) is 86.8 Å². The summed E-state index contributed by atoms with van der Waals surface area (Å²) in [7, 11) is 0. The summed E-state index contributed by atoms with van der Waals surface area (Å²) in [5.74, 6) is -0.319. The van der Waals surface area contributed by atoms with E-state index in [1.165, 1.54) is 12.3 Å². The number of piperidine rings is 1. The Labute approximate surface area is 236 Å². The number of likely N-dealkylation sites (N-methyl/N-ethyl adjacent to an activating group) is 1. The Bertz CT molecular complexity index is 1530. The average molecular weight is 562 g/mol. The fourth-order valence-corrected chi connectivity index (χ4v) is 4.94. The zero-order valence-corrected chi connectivity index (χ0v) is 22.7. The molecule has 0 aliphatic carbocycles. The van der Waals surface area contributed by atoms with Crippen molar-refractivity contribution in [2.24, 2.45) is 0 Å². The zero-order valence-electron chi connectivity index (χ0n) is 22.7. The molecule has 0 bridgehead atoms. The van der Waals surface area contributed by atoms with E-state index in [-0.39, 0.29) is 17.2 Å². The number of anilines is 3. The number of nitrogens with one attached hydrogen (secondary N) is 2. The first-order valence-electron chi connectivity index (χ1n) is 13.4. The summed E-state index contributed by atoms with van der Waals surface area (Å²) in [5, 5.41) is 5.75. The fourth-order valence-electron chi connectivity index (χ4n) is 4.94. The third kappa shape index (κ3) is 6.86. The second-order valence-corrected chi connectivity index (χ2v) is 10.0. The van der Waals surface area contributed by atoms with E-state index in [9.17, 15) is 18.0 Å². The number of aromatic nitrogens is 4. The molecule has 1 aliphatic rings. The Morgan fingerprint density at radius 2 is 1.95 bits per heavy atom. The maximum atomic E-state index is 13.8. The quantitative estimate of drug-likeness (QED) is 0.268. The highest BCUT2D eigenvalue weighted by atomic mass is 19.4. The zero-order chi connectivity index (χ0) is 29.0. The van der Waals surface area contributed by atoms with Gasteiger partial charge in [0, 0.05) is 42.6 Å². The number of nitrogens with zero attached hydrogens (tertiary/aromatic N) is 5. The van der Waals surface area contributed by atoms with Gasteiger partial charge in [0.15, 0.2) is 0 Å². The second kappa shape index (κ2) is 12.0. The monoisotopic (exact) mass is 561 g/mol. The minimum absolute atomic E-state index is 0.0408. The summed E-state index contributed by atoms with van der Waals surface area (Å²) in [6, 6.07) is 10.8. The Morgan fingerprint density at radius 3 is 2.71 bits per heavy atom. The van der Waals surface area contributed by atoms with Gasteiger partial charge in [0.25, 0.3) is 5.91 Å². The molecule has 0 spiro atoms. The van der Waals surface area contributed by atoms with Crippen LogP contribution in [0.5, 0.6) is 0 Å². The summed E-state index contributed by atoms with van der Waals surface area (Å²) in [6.45, 7) is 6.27. The number of pyridine rings is 2. The van der Waals surface area contributed by atoms with Crippen LogP contribution < -0.4 is 10.6 Å². The molecule has 212 valence electrons. The summed E-state index contributed by atoms with van der Waals surface area (Å²) >= 11 is 0. The highest BCUT2D eigenvalue weighted by Crippen LogP contribution is 2.36. The number of hydrogen-bond acceptors (Lipinski definition) is 7. The number of rotatable bonds is 7. The van der Waals surface area contributed by atoms with E-state index in [4.69, 9.17) is 0 Å². The van der Waals surface area contributed by atoms with Gasteiger partial charge in [-0.3, -0.25) is 14.8 Å². The lowest BCUT2D eigenvalue weighted by atomic mass is 9.89. The van der Waals surface area contributed by atoms with Crippen LogP contribution in [0.2, 0.25) is 0 Å². The fraction of sp³-hybridized carbons (Fsp3) is 0.300. The van der Waals surface area contributed by atoms with Gasteiger partial charge >= 0.3 is 6.18 Å². The number of alkyl halides is 3. The summed E-state index contributed by atoms with van der Waals surface area (Å²) < 4.78 is 41.4. The van der Waals surface area contributed by atoms with Crippen molar-refractivity contribution in [1.29, 1.82) is 0 Å². The molecule has 1 aromatic carbocycles. The number of amides is 1. The maximum absolute atomic E-state index is 13.8. The lowest BCUT2D eigenvalue weighted by Crippen LogP contribution is -2.34. The first-order chi connectivity index (χ1) is 19.7. The van der Waals surface area contributed by atoms with Crippen molar-refractivity contribution in [2.45, 2.75) is 38.8 Å². The van der Waals surface area contributed by atoms with Crippen LogP contribution in [0.25, 0.3) is 11.3 Å². The van der Waals surface area contributed by atoms with E-state index in [1.807, 2.05) is 19.1 Å². The number of hydrogen-bond donors (Lipinski definition) is 2. The van der Waals surface area contributed by atoms with Crippen molar-refractivity contribution in [1.82, 2.24) is 24.8 Å². The molecular formula is C30H30F3N7O. The van der Waals surface area contributed by atoms with Crippen LogP contribution in [0.3, 0.4) is 0 Å². The van der Waals surface area contributed by atoms with E-state index in [1.54, 1.807) is 43.7 Å². The molecule has 4 heterocycles. The molecular weight excluding hydrogens is 531 g/mol. The maximum Gasteiger partial charge on any atom is 0.416 e. The third-order valence-electron chi connectivity index (χ3n) is 7.17. The van der Waals surface area contributed by atoms with Gasteiger partial charge in [0.05, 0.1) is 28.2 Å². The SMILES string of the molecule is CCN1CCCC(c2cc(NC(=O)c3cnc(C)c(Nc4nccc(-c5cccnc5)n4)c3)cc(C(F)(F)F)c2)C1. The van der Waals surface area contributed by atoms with E-state index in [0.717, 1.165) is 37.6 Å². The molecule has 4 aromatic rings. The van der Waals surface area contributed by atoms with Crippen LogP contribution >= 0.6 is 0 Å². The lowest BCUT2D eigenvalue weighted by molar-refractivity contribution is -0.137. The first-order valence-corrected chi connectivity index (χ1v) is 13.4. The molecule has 5 rings (SSSR count). The summed E-state index contributed by atoms with van der Waals surface area (Å²) in [4.78, 5) is 32.6. The predicted octanol–water partition coefficient (Wildman–Crippen LogP) is 6.46. The molecule has 1 unspecified atom stereocenters. The van der Waals surface area contributed by atoms with Crippen LogP contribution in [-0.4, -0.2) is 50.4 Å². The number of benzene rings is 1. The van der Waals surface area contributed by atoms with Crippen LogP contribution in [0.1, 0.15) is 52.9 Å². The molecule has 1 aliphatic heterocycles. The van der Waals surface area contributed by atoms with Gasteiger partial charge in [-0.2, -0.15) is 13.2 Å². The summed E-state index contributed by atoms with van der Waals surface area (Å²) in [6.07, 6.45) is 3.53. The minimum atomic E-state index is -4.54. The van der Waals surface area contributed by atoms with E-state index in [0.29, 0.717) is 35.1 Å². The highest BCUT2D eigenvalue weighted by Gasteiger charge is 2.33. The standard InChI is InChI=1S/C30H30F3N7O/c1-3-40-11-5-7-21(18-40)22-12-24(30(31,32)33)15-25(13-22)37-28(41)23-14-27(19(2)36-17-23)39-29-35-10-8-26(38-29)20-6-4-9-34-16-20/h4,6,8-10,12-17,21H,3,5,7,11,18H2,1-2H3,(H,37,41)(H,35,38,39). The Kier molecular flexibility index (Phi) is 8.25. The van der Waals surface area contributed by atoms with Crippen molar-refractivity contribution in [2.75, 3.05) is 30.3 Å². The average Bonchev–Trinajstić information content (AvgIpc) is 2.98. The molecule has 1 saturated heterocycles. The number of carbonyl (C=O) groups excluding carboxylic acids is 1. The molecule has 1 fully saturated rings. The molecule has 0 saturated carbocycles. The van der Waals surface area contributed by atoms with Gasteiger partial charge < -0.3 is 15.5 Å². The first kappa shape index (κ1) is 28.2. The molecule has 1 amide bonds. The van der Waals surface area contributed by atoms with Gasteiger partial charge in [0.1, 0.15) is 0 Å². The van der Waals surface area contributed by atoms with Crippen molar-refractivity contribution >= 4 is 23.2 Å². The Hall–Kier alpha value is -4.38. The molecule has 0 radical (unpaired) electrons. The van der Waals surface area contributed by atoms with Crippen LogP contribution in [0, 0.1) is 6.92 Å². The lowest BCUT2D eigenvalue weighted by Gasteiger charge is -2.32. The number of halogens is 3. The third-order valence-corrected chi connectivity index (χ3v) is 7.17. The Balaban J connectivity index is 1.38. The van der Waals surface area contributed by atoms with E-state index >= 15 is 0 Å². The number of carbonyl (C=O) groups is 1. The van der Waals surface area contributed by atoms with Crippen molar-refractivity contribution in [3.8, 4) is 11.3 Å². The predicted molar refractivity (Wildman–Crippen MR) is 151 cm³/mol. The van der Waals surface area contributed by atoms with Crippen molar-refractivity contribution < 1.29 is 18.0 Å². The van der Waals surface area contributed by atoms with Crippen molar-refractivity contribution in [3.63, 3.8) is 0 Å². The summed E-state index contributed by atoms with van der Waals surface area (Å²) in [5.41, 5.74) is 2.62. The normalized spacial score (nSPS) is 15.9. The molecule has 2 N–H and O–H groups in total. The van der Waals surface area contributed by atoms with Crippen molar-refractivity contribution in [3.05, 3.63) is 89.6 Å². The molecule has 3 aromatic heterocycles. The smallest absolute Gasteiger partial charge is 0.323 e. The van der Waals surface area contributed by atoms with Crippen LogP contribution in [0.15, 0.2) is 67.3 Å². The van der Waals surface area contributed by atoms with Gasteiger partial charge in [0.2, 0.25) is 5.95 Å². The molecule has 1 atom stereocenters. The largest absolute Gasteiger partial charge is 0.416 e. The van der Waals surface area contributed by atoms with Crippen LogP contribution in [0.4, 0.5) is 30.5 Å². The van der Waals surface area contributed by atoms with Crippen LogP contribution in [-0.2, 0) is 6.18 Å². The highest BCUT2D eigenvalue weighted by molar-refractivity contribution is 6.04. The van der Waals surface area contributed by atoms with Gasteiger partial charge in [-0.25, -0.2) is 9.97 Å². The molecule has 8 nitrogen and oxygen atoms in total. The number of aryl methyl sites for hydroxylation is 1. The van der Waals surface area contributed by atoms with E-state index < -0.39 is 17.6 Å². The number of likely N-dealkylation sites (tertiary alicyclic amines) is 1. The van der Waals surface area contributed by atoms with Gasteiger partial charge in [-0.15, -0.1) is 0 Å². The second-order valence-electron chi connectivity index (χ2n) is 10.0. The molecule has 11 heteroatoms. The Morgan fingerprint density at radius 1 is 1.10 bits per heavy atom. The van der Waals surface area contributed by atoms with E-state index in [2.05, 4.69) is 35.5 Å². The molecule has 41 heavy (non-hydrogen) atoms. The topological polar surface area (TPSA) is 95.9 Å². The van der Waals surface area contributed by atoms with Gasteiger partial charge in [-0.1, -0.05) is 6.92 Å². The minimum Gasteiger partial charge on any atom is -0.323 e.